The SMILES string of the molecule is CS(=O)(=O)c1ccccc1C(=O)O[C@H](C(=O)N1CCOCC1)c1ccccc1. The van der Waals surface area contributed by atoms with Crippen LogP contribution in [0.3, 0.4) is 0 Å². The van der Waals surface area contributed by atoms with Crippen molar-refractivity contribution < 1.29 is 27.5 Å². The van der Waals surface area contributed by atoms with Crippen LogP contribution in [0.15, 0.2) is 59.5 Å². The van der Waals surface area contributed by atoms with Gasteiger partial charge < -0.3 is 14.4 Å². The third kappa shape index (κ3) is 4.58. The number of benzene rings is 2. The van der Waals surface area contributed by atoms with Gasteiger partial charge in [0.15, 0.2) is 9.84 Å². The van der Waals surface area contributed by atoms with Crippen LogP contribution >= 0.6 is 0 Å². The fourth-order valence-electron chi connectivity index (χ4n) is 2.97. The van der Waals surface area contributed by atoms with E-state index in [2.05, 4.69) is 0 Å². The van der Waals surface area contributed by atoms with Gasteiger partial charge in [-0.25, -0.2) is 13.2 Å². The van der Waals surface area contributed by atoms with E-state index in [-0.39, 0.29) is 16.4 Å². The van der Waals surface area contributed by atoms with Crippen molar-refractivity contribution in [2.45, 2.75) is 11.0 Å². The molecule has 1 fully saturated rings. The quantitative estimate of drug-likeness (QED) is 0.708. The van der Waals surface area contributed by atoms with E-state index in [0.29, 0.717) is 31.9 Å². The predicted octanol–water partition coefficient (Wildman–Crippen LogP) is 1.85. The van der Waals surface area contributed by atoms with Crippen molar-refractivity contribution in [1.29, 1.82) is 0 Å². The molecule has 0 aromatic heterocycles. The lowest BCUT2D eigenvalue weighted by Gasteiger charge is -2.30. The average molecular weight is 403 g/mol. The number of rotatable bonds is 5. The number of nitrogens with zero attached hydrogens (tertiary/aromatic N) is 1. The lowest BCUT2D eigenvalue weighted by atomic mass is 10.1. The van der Waals surface area contributed by atoms with Crippen LogP contribution < -0.4 is 0 Å². The Hall–Kier alpha value is -2.71. The van der Waals surface area contributed by atoms with E-state index >= 15 is 0 Å². The van der Waals surface area contributed by atoms with Crippen molar-refractivity contribution in [3.8, 4) is 0 Å². The molecular formula is C20H21NO6S. The van der Waals surface area contributed by atoms with Gasteiger partial charge in [-0.3, -0.25) is 4.79 Å². The summed E-state index contributed by atoms with van der Waals surface area (Å²) in [6.45, 7) is 1.63. The number of hydrogen-bond donors (Lipinski definition) is 0. The third-order valence-corrected chi connectivity index (χ3v) is 5.54. The van der Waals surface area contributed by atoms with Crippen molar-refractivity contribution in [3.05, 3.63) is 65.7 Å². The maximum atomic E-state index is 13.0. The molecule has 148 valence electrons. The molecular weight excluding hydrogens is 382 g/mol. The van der Waals surface area contributed by atoms with Crippen LogP contribution in [0.1, 0.15) is 22.0 Å². The molecule has 1 atom stereocenters. The van der Waals surface area contributed by atoms with Crippen LogP contribution in [0.25, 0.3) is 0 Å². The molecule has 0 aliphatic carbocycles. The molecule has 1 aliphatic heterocycles. The molecule has 1 aliphatic rings. The van der Waals surface area contributed by atoms with Crippen molar-refractivity contribution in [2.75, 3.05) is 32.6 Å². The summed E-state index contributed by atoms with van der Waals surface area (Å²) in [4.78, 5) is 27.3. The van der Waals surface area contributed by atoms with Crippen LogP contribution in [0, 0.1) is 0 Å². The summed E-state index contributed by atoms with van der Waals surface area (Å²) in [5.41, 5.74) is 0.421. The Kier molecular flexibility index (Phi) is 6.11. The van der Waals surface area contributed by atoms with Crippen molar-refractivity contribution in [3.63, 3.8) is 0 Å². The summed E-state index contributed by atoms with van der Waals surface area (Å²) < 4.78 is 34.8. The molecule has 28 heavy (non-hydrogen) atoms. The van der Waals surface area contributed by atoms with Crippen LogP contribution in [0.4, 0.5) is 0 Å². The van der Waals surface area contributed by atoms with Gasteiger partial charge in [-0.05, 0) is 12.1 Å². The Labute approximate surface area is 163 Å². The van der Waals surface area contributed by atoms with Crippen LogP contribution in [-0.4, -0.2) is 57.8 Å². The second-order valence-corrected chi connectivity index (χ2v) is 8.39. The molecule has 1 heterocycles. The lowest BCUT2D eigenvalue weighted by Crippen LogP contribution is -2.44. The van der Waals surface area contributed by atoms with E-state index in [1.807, 2.05) is 0 Å². The highest BCUT2D eigenvalue weighted by Gasteiger charge is 2.32. The van der Waals surface area contributed by atoms with E-state index in [1.54, 1.807) is 41.3 Å². The number of ether oxygens (including phenoxy) is 2. The van der Waals surface area contributed by atoms with Gasteiger partial charge >= 0.3 is 5.97 Å². The molecule has 0 N–H and O–H groups in total. The zero-order valence-electron chi connectivity index (χ0n) is 15.4. The first-order valence-corrected chi connectivity index (χ1v) is 10.7. The molecule has 7 nitrogen and oxygen atoms in total. The van der Waals surface area contributed by atoms with E-state index in [1.165, 1.54) is 18.2 Å². The average Bonchev–Trinajstić information content (AvgIpc) is 2.72. The van der Waals surface area contributed by atoms with Gasteiger partial charge in [0.05, 0.1) is 23.7 Å². The van der Waals surface area contributed by atoms with Gasteiger partial charge in [-0.15, -0.1) is 0 Å². The molecule has 2 aromatic rings. The molecule has 8 heteroatoms. The second-order valence-electron chi connectivity index (χ2n) is 6.40. The lowest BCUT2D eigenvalue weighted by molar-refractivity contribution is -0.145. The Morgan fingerprint density at radius 3 is 2.25 bits per heavy atom. The zero-order valence-corrected chi connectivity index (χ0v) is 16.2. The molecule has 2 aromatic carbocycles. The second kappa shape index (κ2) is 8.53. The smallest absolute Gasteiger partial charge is 0.340 e. The third-order valence-electron chi connectivity index (χ3n) is 4.38. The number of amides is 1. The number of sulfone groups is 1. The highest BCUT2D eigenvalue weighted by molar-refractivity contribution is 7.90. The normalized spacial score (nSPS) is 15.7. The summed E-state index contributed by atoms with van der Waals surface area (Å²) in [5.74, 6) is -1.23. The van der Waals surface area contributed by atoms with Crippen molar-refractivity contribution in [2.24, 2.45) is 0 Å². The molecule has 0 saturated carbocycles. The summed E-state index contributed by atoms with van der Waals surface area (Å²) >= 11 is 0. The molecule has 3 rings (SSSR count). The Morgan fingerprint density at radius 2 is 1.61 bits per heavy atom. The van der Waals surface area contributed by atoms with Crippen LogP contribution in [0.5, 0.6) is 0 Å². The van der Waals surface area contributed by atoms with E-state index < -0.39 is 21.9 Å². The molecule has 1 saturated heterocycles. The fraction of sp³-hybridized carbons (Fsp3) is 0.300. The van der Waals surface area contributed by atoms with E-state index in [9.17, 15) is 18.0 Å². The van der Waals surface area contributed by atoms with Crippen molar-refractivity contribution >= 4 is 21.7 Å². The van der Waals surface area contributed by atoms with Gasteiger partial charge in [-0.2, -0.15) is 0 Å². The first-order valence-electron chi connectivity index (χ1n) is 8.79. The predicted molar refractivity (Wildman–Crippen MR) is 102 cm³/mol. The summed E-state index contributed by atoms with van der Waals surface area (Å²) in [6, 6.07) is 14.5. The van der Waals surface area contributed by atoms with E-state index in [0.717, 1.165) is 6.26 Å². The zero-order chi connectivity index (χ0) is 20.1. The Balaban J connectivity index is 1.92. The first kappa shape index (κ1) is 20.0. The molecule has 0 unspecified atom stereocenters. The maximum Gasteiger partial charge on any atom is 0.340 e. The molecule has 0 bridgehead atoms. The van der Waals surface area contributed by atoms with Crippen LogP contribution in [-0.2, 0) is 24.1 Å². The molecule has 0 spiro atoms. The van der Waals surface area contributed by atoms with E-state index in [4.69, 9.17) is 9.47 Å². The highest BCUT2D eigenvalue weighted by Crippen LogP contribution is 2.24. The standard InChI is InChI=1S/C20H21NO6S/c1-28(24,25)17-10-6-5-9-16(17)20(23)27-18(15-7-3-2-4-8-15)19(22)21-11-13-26-14-12-21/h2-10,18H,11-14H2,1H3/t18-/m0/s1. The Morgan fingerprint density at radius 1 is 1.00 bits per heavy atom. The minimum Gasteiger partial charge on any atom is -0.444 e. The maximum absolute atomic E-state index is 13.0. The van der Waals surface area contributed by atoms with Gasteiger partial charge in [0.1, 0.15) is 0 Å². The highest BCUT2D eigenvalue weighted by atomic mass is 32.2. The fourth-order valence-corrected chi connectivity index (χ4v) is 3.84. The number of hydrogen-bond acceptors (Lipinski definition) is 6. The first-order chi connectivity index (χ1) is 13.4. The van der Waals surface area contributed by atoms with Crippen LogP contribution in [0.2, 0.25) is 0 Å². The van der Waals surface area contributed by atoms with Crippen molar-refractivity contribution in [1.82, 2.24) is 4.90 Å². The number of carbonyl (C=O) groups excluding carboxylic acids is 2. The summed E-state index contributed by atoms with van der Waals surface area (Å²) in [7, 11) is -3.63. The monoisotopic (exact) mass is 403 g/mol. The van der Waals surface area contributed by atoms with Gasteiger partial charge in [0, 0.05) is 24.9 Å². The molecule has 1 amide bonds. The number of carbonyl (C=O) groups is 2. The van der Waals surface area contributed by atoms with Gasteiger partial charge in [0.25, 0.3) is 5.91 Å². The van der Waals surface area contributed by atoms with Gasteiger partial charge in [0.2, 0.25) is 6.10 Å². The topological polar surface area (TPSA) is 90.0 Å². The summed E-state index contributed by atoms with van der Waals surface area (Å²) in [5, 5.41) is 0. The minimum absolute atomic E-state index is 0.0966. The number of esters is 1. The largest absolute Gasteiger partial charge is 0.444 e. The number of morpholine rings is 1. The van der Waals surface area contributed by atoms with Gasteiger partial charge in [-0.1, -0.05) is 42.5 Å². The Bertz CT molecular complexity index is 952. The minimum atomic E-state index is -3.63. The summed E-state index contributed by atoms with van der Waals surface area (Å²) in [6.07, 6.45) is -0.147. The molecule has 0 radical (unpaired) electrons.